The molecule has 2 heterocycles. The van der Waals surface area contributed by atoms with Gasteiger partial charge in [0.25, 0.3) is 0 Å². The van der Waals surface area contributed by atoms with Gasteiger partial charge in [-0.25, -0.2) is 9.59 Å². The van der Waals surface area contributed by atoms with Gasteiger partial charge in [-0.2, -0.15) is 0 Å². The van der Waals surface area contributed by atoms with Gasteiger partial charge in [0.15, 0.2) is 0 Å². The van der Waals surface area contributed by atoms with Crippen molar-refractivity contribution in [2.75, 3.05) is 13.1 Å². The Morgan fingerprint density at radius 2 is 1.71 bits per heavy atom. The third-order valence-electron chi connectivity index (χ3n) is 4.60. The predicted octanol–water partition coefficient (Wildman–Crippen LogP) is 3.61. The molecule has 28 heavy (non-hydrogen) atoms. The van der Waals surface area contributed by atoms with Crippen LogP contribution >= 0.6 is 0 Å². The maximum Gasteiger partial charge on any atom is 0.414 e. The largest absolute Gasteiger partial charge is 0.473 e. The Balaban J connectivity index is 0.000000330. The number of carboxylic acid groups (broad SMARTS) is 2. The first-order valence-corrected chi connectivity index (χ1v) is 9.02. The van der Waals surface area contributed by atoms with E-state index in [1.54, 1.807) is 0 Å². The number of hydrogen-bond acceptors (Lipinski definition) is 3. The molecule has 0 saturated carbocycles. The number of aromatic amines is 1. The molecule has 1 aliphatic heterocycles. The molecular formula is C22H22N2O4. The summed E-state index contributed by atoms with van der Waals surface area (Å²) in [4.78, 5) is 24.0. The second kappa shape index (κ2) is 9.01. The van der Waals surface area contributed by atoms with Crippen LogP contribution in [0, 0.1) is 0 Å². The minimum absolute atomic E-state index is 1.03. The van der Waals surface area contributed by atoms with E-state index in [0.717, 1.165) is 26.1 Å². The van der Waals surface area contributed by atoms with E-state index in [1.165, 1.54) is 27.6 Å². The second-order valence-electron chi connectivity index (χ2n) is 6.57. The van der Waals surface area contributed by atoms with Crippen molar-refractivity contribution in [2.45, 2.75) is 13.0 Å². The van der Waals surface area contributed by atoms with E-state index >= 15 is 0 Å². The highest BCUT2D eigenvalue weighted by Gasteiger charge is 2.16. The SMILES string of the molecule is C1=C(c2cccc3[nH]ccc23)CN(Cc2ccccc2)CC1.O=C(O)C(=O)O. The first-order chi connectivity index (χ1) is 13.5. The first-order valence-electron chi connectivity index (χ1n) is 9.02. The molecule has 0 aliphatic carbocycles. The lowest BCUT2D eigenvalue weighted by Crippen LogP contribution is -2.29. The number of carboxylic acids is 2. The Bertz CT molecular complexity index is 980. The van der Waals surface area contributed by atoms with Gasteiger partial charge in [-0.15, -0.1) is 0 Å². The van der Waals surface area contributed by atoms with Crippen LogP contribution in [-0.2, 0) is 16.1 Å². The smallest absolute Gasteiger partial charge is 0.414 e. The molecule has 0 fully saturated rings. The van der Waals surface area contributed by atoms with Crippen LogP contribution in [0.2, 0.25) is 0 Å². The molecule has 0 atom stereocenters. The molecule has 2 aromatic carbocycles. The second-order valence-corrected chi connectivity index (χ2v) is 6.57. The van der Waals surface area contributed by atoms with Gasteiger partial charge in [-0.3, -0.25) is 4.90 Å². The molecule has 0 spiro atoms. The van der Waals surface area contributed by atoms with E-state index in [9.17, 15) is 0 Å². The van der Waals surface area contributed by atoms with Gasteiger partial charge in [0.05, 0.1) is 0 Å². The van der Waals surface area contributed by atoms with Crippen molar-refractivity contribution in [1.82, 2.24) is 9.88 Å². The summed E-state index contributed by atoms with van der Waals surface area (Å²) >= 11 is 0. The van der Waals surface area contributed by atoms with Gasteiger partial charge in [0, 0.05) is 36.7 Å². The minimum atomic E-state index is -1.82. The third-order valence-corrected chi connectivity index (χ3v) is 4.60. The average molecular weight is 378 g/mol. The van der Waals surface area contributed by atoms with Crippen molar-refractivity contribution >= 4 is 28.4 Å². The number of benzene rings is 2. The molecular weight excluding hydrogens is 356 g/mol. The van der Waals surface area contributed by atoms with Gasteiger partial charge < -0.3 is 15.2 Å². The zero-order chi connectivity index (χ0) is 19.9. The fourth-order valence-corrected chi connectivity index (χ4v) is 3.34. The lowest BCUT2D eigenvalue weighted by atomic mass is 9.97. The van der Waals surface area contributed by atoms with E-state index in [1.807, 2.05) is 6.20 Å². The number of nitrogens with one attached hydrogen (secondary N) is 1. The number of aliphatic carboxylic acids is 2. The molecule has 4 rings (SSSR count). The van der Waals surface area contributed by atoms with Gasteiger partial charge in [-0.05, 0) is 35.3 Å². The molecule has 0 saturated heterocycles. The van der Waals surface area contributed by atoms with Gasteiger partial charge in [0.1, 0.15) is 0 Å². The summed E-state index contributed by atoms with van der Waals surface area (Å²) in [5.74, 6) is -3.65. The van der Waals surface area contributed by atoms with E-state index in [2.05, 4.69) is 70.6 Å². The number of aromatic nitrogens is 1. The lowest BCUT2D eigenvalue weighted by Gasteiger charge is -2.27. The molecule has 0 radical (unpaired) electrons. The number of carbonyl (C=O) groups is 2. The van der Waals surface area contributed by atoms with E-state index in [4.69, 9.17) is 19.8 Å². The summed E-state index contributed by atoms with van der Waals surface area (Å²) in [6, 6.07) is 19.5. The molecule has 6 heteroatoms. The van der Waals surface area contributed by atoms with E-state index < -0.39 is 11.9 Å². The first kappa shape index (κ1) is 19.4. The zero-order valence-corrected chi connectivity index (χ0v) is 15.3. The highest BCUT2D eigenvalue weighted by atomic mass is 16.4. The Labute approximate surface area is 162 Å². The maximum absolute atomic E-state index is 9.10. The van der Waals surface area contributed by atoms with Crippen molar-refractivity contribution in [3.63, 3.8) is 0 Å². The highest BCUT2D eigenvalue weighted by Crippen LogP contribution is 2.28. The van der Waals surface area contributed by atoms with Crippen LogP contribution < -0.4 is 0 Å². The number of nitrogens with zero attached hydrogens (tertiary/aromatic N) is 1. The number of fused-ring (bicyclic) bond motifs is 1. The molecule has 3 N–H and O–H groups in total. The standard InChI is InChI=1S/C20H20N2.C2H2O4/c1-2-6-16(7-3-1)14-22-13-5-8-17(15-22)18-9-4-10-20-19(18)11-12-21-20;3-1(4)2(5)6/h1-4,6-12,21H,5,13-15H2;(H,3,4)(H,5,6). The van der Waals surface area contributed by atoms with E-state index in [0.29, 0.717) is 0 Å². The van der Waals surface area contributed by atoms with Gasteiger partial charge in [0.2, 0.25) is 0 Å². The average Bonchev–Trinajstić information content (AvgIpc) is 3.18. The highest BCUT2D eigenvalue weighted by molar-refractivity contribution is 6.27. The summed E-state index contributed by atoms with van der Waals surface area (Å²) < 4.78 is 0. The maximum atomic E-state index is 9.10. The third kappa shape index (κ3) is 4.86. The summed E-state index contributed by atoms with van der Waals surface area (Å²) in [6.45, 7) is 3.20. The van der Waals surface area contributed by atoms with Crippen molar-refractivity contribution < 1.29 is 19.8 Å². The molecule has 144 valence electrons. The Morgan fingerprint density at radius 3 is 2.43 bits per heavy atom. The minimum Gasteiger partial charge on any atom is -0.473 e. The topological polar surface area (TPSA) is 93.6 Å². The fraction of sp³-hybridized carbons (Fsp3) is 0.182. The van der Waals surface area contributed by atoms with Gasteiger partial charge in [-0.1, -0.05) is 48.5 Å². The Hall–Kier alpha value is -3.38. The van der Waals surface area contributed by atoms with Crippen LogP contribution in [-0.4, -0.2) is 45.1 Å². The van der Waals surface area contributed by atoms with Crippen molar-refractivity contribution in [2.24, 2.45) is 0 Å². The number of rotatable bonds is 3. The van der Waals surface area contributed by atoms with Crippen molar-refractivity contribution in [3.8, 4) is 0 Å². The van der Waals surface area contributed by atoms with Gasteiger partial charge >= 0.3 is 11.9 Å². The Kier molecular flexibility index (Phi) is 6.24. The van der Waals surface area contributed by atoms with Crippen molar-refractivity contribution in [1.29, 1.82) is 0 Å². The fourth-order valence-electron chi connectivity index (χ4n) is 3.34. The van der Waals surface area contributed by atoms with Crippen LogP contribution in [0.1, 0.15) is 17.5 Å². The van der Waals surface area contributed by atoms with Crippen molar-refractivity contribution in [3.05, 3.63) is 78.0 Å². The monoisotopic (exact) mass is 378 g/mol. The van der Waals surface area contributed by atoms with Crippen LogP contribution in [0.3, 0.4) is 0 Å². The number of H-pyrrole nitrogens is 1. The number of hydrogen-bond donors (Lipinski definition) is 3. The van der Waals surface area contributed by atoms with Crippen LogP contribution in [0.5, 0.6) is 0 Å². The van der Waals surface area contributed by atoms with Crippen LogP contribution in [0.15, 0.2) is 66.9 Å². The zero-order valence-electron chi connectivity index (χ0n) is 15.3. The summed E-state index contributed by atoms with van der Waals surface area (Å²) in [7, 11) is 0. The molecule has 3 aromatic rings. The molecule has 0 bridgehead atoms. The van der Waals surface area contributed by atoms with Crippen LogP contribution in [0.25, 0.3) is 16.5 Å². The lowest BCUT2D eigenvalue weighted by molar-refractivity contribution is -0.159. The normalized spacial score (nSPS) is 14.1. The predicted molar refractivity (Wildman–Crippen MR) is 108 cm³/mol. The summed E-state index contributed by atoms with van der Waals surface area (Å²) in [5.41, 5.74) is 5.44. The quantitative estimate of drug-likeness (QED) is 0.605. The summed E-state index contributed by atoms with van der Waals surface area (Å²) in [6.07, 6.45) is 5.56. The Morgan fingerprint density at radius 1 is 0.964 bits per heavy atom. The molecule has 0 amide bonds. The van der Waals surface area contributed by atoms with Crippen LogP contribution in [0.4, 0.5) is 0 Å². The molecule has 0 unspecified atom stereocenters. The molecule has 1 aliphatic rings. The molecule has 1 aromatic heterocycles. The van der Waals surface area contributed by atoms with E-state index in [-0.39, 0.29) is 0 Å². The molecule has 6 nitrogen and oxygen atoms in total. The summed E-state index contributed by atoms with van der Waals surface area (Å²) in [5, 5.41) is 16.1.